The van der Waals surface area contributed by atoms with E-state index >= 15 is 0 Å². The quantitative estimate of drug-likeness (QED) is 0.593. The number of hydrogen-bond acceptors (Lipinski definition) is 6. The maximum absolute atomic E-state index is 10.8. The Morgan fingerprint density at radius 1 is 1.56 bits per heavy atom. The summed E-state index contributed by atoms with van der Waals surface area (Å²) in [6.45, 7) is 4.91. The summed E-state index contributed by atoms with van der Waals surface area (Å²) in [5.74, 6) is 0.435. The summed E-state index contributed by atoms with van der Waals surface area (Å²) in [6, 6.07) is 1.50. The maximum atomic E-state index is 10.8. The Morgan fingerprint density at radius 2 is 2.28 bits per heavy atom. The molecule has 98 valence electrons. The molecule has 2 heterocycles. The zero-order chi connectivity index (χ0) is 13.0. The molecule has 0 aliphatic carbocycles. The number of anilines is 1. The molecule has 1 saturated heterocycles. The van der Waals surface area contributed by atoms with Crippen LogP contribution in [0, 0.1) is 10.1 Å². The van der Waals surface area contributed by atoms with Gasteiger partial charge in [-0.3, -0.25) is 10.1 Å². The Bertz CT molecular complexity index is 432. The summed E-state index contributed by atoms with van der Waals surface area (Å²) in [7, 11) is 0. The number of nitro groups is 1. The Labute approximate surface area is 104 Å². The molecule has 0 amide bonds. The van der Waals surface area contributed by atoms with Gasteiger partial charge >= 0.3 is 0 Å². The molecule has 7 nitrogen and oxygen atoms in total. The molecule has 1 aliphatic heterocycles. The number of rotatable bonds is 4. The lowest BCUT2D eigenvalue weighted by atomic mass is 10.3. The van der Waals surface area contributed by atoms with Crippen molar-refractivity contribution in [3.05, 3.63) is 22.4 Å². The minimum absolute atomic E-state index is 0.0278. The molecule has 0 spiro atoms. The van der Waals surface area contributed by atoms with E-state index in [2.05, 4.69) is 4.98 Å². The molecule has 1 aromatic heterocycles. The van der Waals surface area contributed by atoms with Crippen LogP contribution in [0.25, 0.3) is 0 Å². The molecule has 7 heteroatoms. The minimum atomic E-state index is -0.452. The second-order valence-corrected chi connectivity index (χ2v) is 3.81. The van der Waals surface area contributed by atoms with Gasteiger partial charge in [0.05, 0.1) is 24.7 Å². The van der Waals surface area contributed by atoms with Crippen LogP contribution in [0.2, 0.25) is 0 Å². The van der Waals surface area contributed by atoms with Crippen LogP contribution in [0.3, 0.4) is 0 Å². The van der Waals surface area contributed by atoms with Crippen LogP contribution in [0.4, 0.5) is 11.4 Å². The molecule has 18 heavy (non-hydrogen) atoms. The maximum Gasteiger partial charge on any atom is 0.289 e. The molecule has 2 rings (SSSR count). The summed E-state index contributed by atoms with van der Waals surface area (Å²) in [5, 5.41) is 10.8. The highest BCUT2D eigenvalue weighted by atomic mass is 16.6. The van der Waals surface area contributed by atoms with Crippen molar-refractivity contribution in [2.24, 2.45) is 0 Å². The van der Waals surface area contributed by atoms with Crippen LogP contribution in [0.5, 0.6) is 5.88 Å². The molecule has 1 fully saturated rings. The van der Waals surface area contributed by atoms with Gasteiger partial charge in [-0.15, -0.1) is 0 Å². The Hall–Kier alpha value is -1.89. The van der Waals surface area contributed by atoms with Gasteiger partial charge in [0.25, 0.3) is 5.69 Å². The van der Waals surface area contributed by atoms with Crippen molar-refractivity contribution in [2.75, 3.05) is 37.8 Å². The third-order valence-electron chi connectivity index (χ3n) is 2.66. The summed E-state index contributed by atoms with van der Waals surface area (Å²) in [5.41, 5.74) is 0.634. The fourth-order valence-corrected chi connectivity index (χ4v) is 1.81. The van der Waals surface area contributed by atoms with Gasteiger partial charge in [0, 0.05) is 19.2 Å². The second kappa shape index (κ2) is 5.63. The van der Waals surface area contributed by atoms with Gasteiger partial charge in [0.1, 0.15) is 11.9 Å². The van der Waals surface area contributed by atoms with Crippen molar-refractivity contribution in [1.82, 2.24) is 4.98 Å². The van der Waals surface area contributed by atoms with E-state index in [1.165, 1.54) is 12.3 Å². The fraction of sp³-hybridized carbons (Fsp3) is 0.545. The van der Waals surface area contributed by atoms with Crippen molar-refractivity contribution >= 4 is 11.4 Å². The van der Waals surface area contributed by atoms with E-state index in [1.54, 1.807) is 0 Å². The van der Waals surface area contributed by atoms with Crippen molar-refractivity contribution in [1.29, 1.82) is 0 Å². The Kier molecular flexibility index (Phi) is 3.93. The van der Waals surface area contributed by atoms with E-state index < -0.39 is 4.92 Å². The van der Waals surface area contributed by atoms with Crippen LogP contribution in [0.15, 0.2) is 12.3 Å². The lowest BCUT2D eigenvalue weighted by molar-refractivity contribution is -0.385. The average Bonchev–Trinajstić information content (AvgIpc) is 2.40. The number of pyridine rings is 1. The average molecular weight is 253 g/mol. The molecule has 0 aromatic carbocycles. The van der Waals surface area contributed by atoms with E-state index in [0.717, 1.165) is 0 Å². The first-order valence-electron chi connectivity index (χ1n) is 5.82. The van der Waals surface area contributed by atoms with Gasteiger partial charge in [-0.05, 0) is 6.92 Å². The van der Waals surface area contributed by atoms with Gasteiger partial charge < -0.3 is 14.4 Å². The Balaban J connectivity index is 2.32. The SMILES string of the molecule is CCOc1ncc([N+](=O)[O-])cc1N1CCOCC1. The molecule has 0 atom stereocenters. The van der Waals surface area contributed by atoms with Crippen LogP contribution < -0.4 is 9.64 Å². The Morgan fingerprint density at radius 3 is 2.89 bits per heavy atom. The third-order valence-corrected chi connectivity index (χ3v) is 2.66. The fourth-order valence-electron chi connectivity index (χ4n) is 1.81. The minimum Gasteiger partial charge on any atom is -0.476 e. The number of hydrogen-bond donors (Lipinski definition) is 0. The molecule has 0 N–H and O–H groups in total. The van der Waals surface area contributed by atoms with E-state index in [9.17, 15) is 10.1 Å². The monoisotopic (exact) mass is 253 g/mol. The number of aromatic nitrogens is 1. The molecule has 1 aromatic rings. The van der Waals surface area contributed by atoms with Crippen molar-refractivity contribution < 1.29 is 14.4 Å². The van der Waals surface area contributed by atoms with Crippen molar-refractivity contribution in [3.63, 3.8) is 0 Å². The first-order chi connectivity index (χ1) is 8.72. The van der Waals surface area contributed by atoms with Crippen LogP contribution >= 0.6 is 0 Å². The van der Waals surface area contributed by atoms with E-state index in [4.69, 9.17) is 9.47 Å². The highest BCUT2D eigenvalue weighted by Gasteiger charge is 2.20. The zero-order valence-corrected chi connectivity index (χ0v) is 10.2. The number of morpholine rings is 1. The topological polar surface area (TPSA) is 77.7 Å². The molecular formula is C11H15N3O4. The third kappa shape index (κ3) is 2.67. The van der Waals surface area contributed by atoms with Gasteiger partial charge in [-0.1, -0.05) is 0 Å². The molecule has 1 aliphatic rings. The first-order valence-corrected chi connectivity index (χ1v) is 5.82. The lowest BCUT2D eigenvalue weighted by Crippen LogP contribution is -2.36. The second-order valence-electron chi connectivity index (χ2n) is 3.81. The smallest absolute Gasteiger partial charge is 0.289 e. The summed E-state index contributed by atoms with van der Waals surface area (Å²) < 4.78 is 10.7. The van der Waals surface area contributed by atoms with Gasteiger partial charge in [-0.25, -0.2) is 4.98 Å². The largest absolute Gasteiger partial charge is 0.476 e. The zero-order valence-electron chi connectivity index (χ0n) is 10.2. The number of ether oxygens (including phenoxy) is 2. The van der Waals surface area contributed by atoms with Gasteiger partial charge in [-0.2, -0.15) is 0 Å². The highest BCUT2D eigenvalue weighted by molar-refractivity contribution is 5.59. The number of nitrogens with zero attached hydrogens (tertiary/aromatic N) is 3. The highest BCUT2D eigenvalue weighted by Crippen LogP contribution is 2.30. The van der Waals surface area contributed by atoms with E-state index in [-0.39, 0.29) is 5.69 Å². The molecular weight excluding hydrogens is 238 g/mol. The van der Waals surface area contributed by atoms with Crippen LogP contribution in [0.1, 0.15) is 6.92 Å². The summed E-state index contributed by atoms with van der Waals surface area (Å²) in [4.78, 5) is 16.3. The van der Waals surface area contributed by atoms with Crippen LogP contribution in [-0.4, -0.2) is 42.8 Å². The van der Waals surface area contributed by atoms with Gasteiger partial charge in [0.2, 0.25) is 5.88 Å². The lowest BCUT2D eigenvalue weighted by Gasteiger charge is -2.29. The normalized spacial score (nSPS) is 15.5. The molecule has 0 bridgehead atoms. The summed E-state index contributed by atoms with van der Waals surface area (Å²) in [6.07, 6.45) is 1.22. The van der Waals surface area contributed by atoms with Crippen LogP contribution in [-0.2, 0) is 4.74 Å². The standard InChI is InChI=1S/C11H15N3O4/c1-2-18-11-10(13-3-5-17-6-4-13)7-9(8-12-11)14(15)16/h7-8H,2-6H2,1H3. The van der Waals surface area contributed by atoms with E-state index in [1.807, 2.05) is 11.8 Å². The predicted molar refractivity (Wildman–Crippen MR) is 65.1 cm³/mol. The molecule has 0 saturated carbocycles. The molecule has 0 unspecified atom stereocenters. The van der Waals surface area contributed by atoms with E-state index in [0.29, 0.717) is 44.5 Å². The predicted octanol–water partition coefficient (Wildman–Crippen LogP) is 1.23. The summed E-state index contributed by atoms with van der Waals surface area (Å²) >= 11 is 0. The molecule has 0 radical (unpaired) electrons. The van der Waals surface area contributed by atoms with Crippen molar-refractivity contribution in [3.8, 4) is 5.88 Å². The van der Waals surface area contributed by atoms with Crippen molar-refractivity contribution in [2.45, 2.75) is 6.92 Å². The van der Waals surface area contributed by atoms with Gasteiger partial charge in [0.15, 0.2) is 0 Å². The first kappa shape index (κ1) is 12.6.